The number of carbonyl (C=O) groups is 1. The first-order valence-electron chi connectivity index (χ1n) is 5.90. The molecule has 0 saturated carbocycles. The van der Waals surface area contributed by atoms with Crippen LogP contribution in [0.15, 0.2) is 42.5 Å². The van der Waals surface area contributed by atoms with E-state index in [1.54, 1.807) is 18.2 Å². The van der Waals surface area contributed by atoms with Gasteiger partial charge in [-0.1, -0.05) is 12.1 Å². The molecule has 1 aliphatic rings. The lowest BCUT2D eigenvalue weighted by molar-refractivity contribution is 0.0961. The van der Waals surface area contributed by atoms with Crippen LogP contribution in [0.3, 0.4) is 0 Å². The summed E-state index contributed by atoms with van der Waals surface area (Å²) in [5.74, 6) is 1.36. The van der Waals surface area contributed by atoms with Crippen LogP contribution in [-0.4, -0.2) is 12.4 Å². The Labute approximate surface area is 124 Å². The molecule has 1 heterocycles. The van der Waals surface area contributed by atoms with Crippen molar-refractivity contribution in [2.45, 2.75) is 6.61 Å². The van der Waals surface area contributed by atoms with Gasteiger partial charge in [0.2, 0.25) is 5.78 Å². The van der Waals surface area contributed by atoms with Crippen molar-refractivity contribution in [2.24, 2.45) is 0 Å². The van der Waals surface area contributed by atoms with Crippen LogP contribution in [0.5, 0.6) is 11.5 Å². The predicted molar refractivity (Wildman–Crippen MR) is 79.8 cm³/mol. The number of halogens is 1. The second-order valence-corrected chi connectivity index (χ2v) is 5.53. The van der Waals surface area contributed by atoms with Crippen LogP contribution in [0.25, 0.3) is 0 Å². The van der Waals surface area contributed by atoms with Crippen LogP contribution in [0.2, 0.25) is 0 Å². The third kappa shape index (κ3) is 2.73. The van der Waals surface area contributed by atoms with Crippen LogP contribution >= 0.6 is 22.6 Å². The second-order valence-electron chi connectivity index (χ2n) is 4.28. The molecule has 0 spiro atoms. The average Bonchev–Trinajstić information content (AvgIpc) is 2.79. The first kappa shape index (κ1) is 12.5. The maximum Gasteiger partial charge on any atom is 0.203 e. The Bertz CT molecular complexity index is 620. The first-order chi connectivity index (χ1) is 9.22. The molecule has 3 nitrogen and oxygen atoms in total. The molecule has 1 aliphatic heterocycles. The van der Waals surface area contributed by atoms with Gasteiger partial charge in [-0.3, -0.25) is 4.79 Å². The van der Waals surface area contributed by atoms with E-state index < -0.39 is 0 Å². The summed E-state index contributed by atoms with van der Waals surface area (Å²) in [5.41, 5.74) is 1.75. The van der Waals surface area contributed by atoms with Gasteiger partial charge in [-0.15, -0.1) is 0 Å². The molecule has 0 aliphatic carbocycles. The highest BCUT2D eigenvalue weighted by atomic mass is 127. The number of Topliss-reactive ketones (excluding diaryl/α,β-unsaturated/α-hetero) is 1. The third-order valence-electron chi connectivity index (χ3n) is 2.93. The normalized spacial score (nSPS) is 13.0. The number of ether oxygens (including phenoxy) is 2. The molecule has 0 radical (unpaired) electrons. The fraction of sp³-hybridized carbons (Fsp3) is 0.133. The van der Waals surface area contributed by atoms with Crippen LogP contribution in [0.1, 0.15) is 15.9 Å². The van der Waals surface area contributed by atoms with Gasteiger partial charge in [-0.05, 0) is 52.4 Å². The van der Waals surface area contributed by atoms with Crippen molar-refractivity contribution in [3.8, 4) is 11.5 Å². The van der Waals surface area contributed by atoms with E-state index in [-0.39, 0.29) is 12.4 Å². The van der Waals surface area contributed by atoms with Crippen molar-refractivity contribution in [1.29, 1.82) is 0 Å². The molecule has 0 N–H and O–H groups in total. The van der Waals surface area contributed by atoms with E-state index in [1.165, 1.54) is 3.57 Å². The van der Waals surface area contributed by atoms with Crippen molar-refractivity contribution in [3.63, 3.8) is 0 Å². The van der Waals surface area contributed by atoms with Gasteiger partial charge in [0.05, 0.1) is 5.56 Å². The summed E-state index contributed by atoms with van der Waals surface area (Å²) in [6, 6.07) is 13.5. The molecule has 0 amide bonds. The lowest BCUT2D eigenvalue weighted by Crippen LogP contribution is -1.98. The molecule has 4 heteroatoms. The zero-order valence-corrected chi connectivity index (χ0v) is 12.2. The molecule has 3 rings (SSSR count). The highest BCUT2D eigenvalue weighted by Crippen LogP contribution is 2.29. The minimum atomic E-state index is 0.0270. The van der Waals surface area contributed by atoms with Crippen molar-refractivity contribution >= 4 is 28.4 Å². The number of carbonyl (C=O) groups excluding carboxylic acids is 1. The van der Waals surface area contributed by atoms with Crippen molar-refractivity contribution in [2.75, 3.05) is 6.61 Å². The Morgan fingerprint density at radius 3 is 2.74 bits per heavy atom. The summed E-state index contributed by atoms with van der Waals surface area (Å²) < 4.78 is 12.2. The number of hydrogen-bond donors (Lipinski definition) is 0. The highest BCUT2D eigenvalue weighted by molar-refractivity contribution is 14.1. The van der Waals surface area contributed by atoms with Crippen LogP contribution in [0.4, 0.5) is 0 Å². The summed E-state index contributed by atoms with van der Waals surface area (Å²) in [6.07, 6.45) is 0. The van der Waals surface area contributed by atoms with Gasteiger partial charge >= 0.3 is 0 Å². The van der Waals surface area contributed by atoms with Gasteiger partial charge in [0, 0.05) is 9.64 Å². The molecule has 96 valence electrons. The minimum absolute atomic E-state index is 0.0270. The fourth-order valence-electron chi connectivity index (χ4n) is 1.91. The maximum absolute atomic E-state index is 11.4. The molecular formula is C15H11IO3. The number of benzene rings is 2. The zero-order chi connectivity index (χ0) is 13.2. The first-order valence-corrected chi connectivity index (χ1v) is 6.97. The van der Waals surface area contributed by atoms with Crippen LogP contribution < -0.4 is 9.47 Å². The van der Waals surface area contributed by atoms with Crippen molar-refractivity contribution in [3.05, 3.63) is 57.2 Å². The third-order valence-corrected chi connectivity index (χ3v) is 3.65. The van der Waals surface area contributed by atoms with Gasteiger partial charge < -0.3 is 9.47 Å². The largest absolute Gasteiger partial charge is 0.489 e. The monoisotopic (exact) mass is 366 g/mol. The number of ketones is 1. The van der Waals surface area contributed by atoms with E-state index in [4.69, 9.17) is 9.47 Å². The molecule has 0 saturated heterocycles. The summed E-state index contributed by atoms with van der Waals surface area (Å²) in [5, 5.41) is 0. The minimum Gasteiger partial charge on any atom is -0.489 e. The van der Waals surface area contributed by atoms with Crippen LogP contribution in [-0.2, 0) is 6.61 Å². The van der Waals surface area contributed by atoms with Crippen molar-refractivity contribution in [1.82, 2.24) is 0 Å². The number of rotatable bonds is 3. The van der Waals surface area contributed by atoms with Gasteiger partial charge in [0.15, 0.2) is 6.61 Å². The maximum atomic E-state index is 11.4. The highest BCUT2D eigenvalue weighted by Gasteiger charge is 2.21. The van der Waals surface area contributed by atoms with E-state index in [0.29, 0.717) is 23.7 Å². The predicted octanol–water partition coefficient (Wildman–Crippen LogP) is 3.45. The van der Waals surface area contributed by atoms with Crippen molar-refractivity contribution < 1.29 is 14.3 Å². The topological polar surface area (TPSA) is 35.5 Å². The average molecular weight is 366 g/mol. The smallest absolute Gasteiger partial charge is 0.203 e. The lowest BCUT2D eigenvalue weighted by Gasteiger charge is -2.07. The molecule has 19 heavy (non-hydrogen) atoms. The second kappa shape index (κ2) is 5.21. The van der Waals surface area contributed by atoms with E-state index >= 15 is 0 Å². The number of fused-ring (bicyclic) bond motifs is 1. The molecule has 0 unspecified atom stereocenters. The molecular weight excluding hydrogens is 355 g/mol. The lowest BCUT2D eigenvalue weighted by atomic mass is 10.1. The standard InChI is InChI=1S/C15H11IO3/c16-11-3-1-10(2-4-11)8-18-12-5-6-13-14(17)9-19-15(13)7-12/h1-7H,8-9H2. The number of hydrogen-bond acceptors (Lipinski definition) is 3. The van der Waals surface area contributed by atoms with E-state index in [1.807, 2.05) is 24.3 Å². The molecule has 0 bridgehead atoms. The summed E-state index contributed by atoms with van der Waals surface area (Å²) in [4.78, 5) is 11.4. The Balaban J connectivity index is 1.71. The van der Waals surface area contributed by atoms with E-state index in [9.17, 15) is 4.79 Å². The molecule has 0 fully saturated rings. The fourth-order valence-corrected chi connectivity index (χ4v) is 2.27. The van der Waals surface area contributed by atoms with Crippen LogP contribution in [0, 0.1) is 3.57 Å². The molecule has 2 aromatic rings. The molecule has 0 aromatic heterocycles. The Kier molecular flexibility index (Phi) is 3.42. The SMILES string of the molecule is O=C1COc2cc(OCc3ccc(I)cc3)ccc21. The van der Waals surface area contributed by atoms with E-state index in [2.05, 4.69) is 22.6 Å². The van der Waals surface area contributed by atoms with Gasteiger partial charge in [0.25, 0.3) is 0 Å². The van der Waals surface area contributed by atoms with Gasteiger partial charge in [-0.25, -0.2) is 0 Å². The Morgan fingerprint density at radius 2 is 1.95 bits per heavy atom. The Morgan fingerprint density at radius 1 is 1.16 bits per heavy atom. The van der Waals surface area contributed by atoms with Gasteiger partial charge in [-0.2, -0.15) is 0 Å². The summed E-state index contributed by atoms with van der Waals surface area (Å²) >= 11 is 2.27. The summed E-state index contributed by atoms with van der Waals surface area (Å²) in [6.45, 7) is 0.638. The molecule has 0 atom stereocenters. The van der Waals surface area contributed by atoms with E-state index in [0.717, 1.165) is 5.56 Å². The molecule has 2 aromatic carbocycles. The summed E-state index contributed by atoms with van der Waals surface area (Å²) in [7, 11) is 0. The van der Waals surface area contributed by atoms with Gasteiger partial charge in [0.1, 0.15) is 18.1 Å². The Hall–Kier alpha value is -1.56. The zero-order valence-electron chi connectivity index (χ0n) is 10.1. The quantitative estimate of drug-likeness (QED) is 0.781.